The summed E-state index contributed by atoms with van der Waals surface area (Å²) in [6, 6.07) is 0. The first kappa shape index (κ1) is 19.6. The number of aromatic nitrogens is 2. The molecular formula is C22H34N4O2. The normalized spacial score (nSPS) is 31.7. The van der Waals surface area contributed by atoms with Crippen LogP contribution in [0.15, 0.2) is 24.5 Å². The molecule has 4 rings (SSSR count). The quantitative estimate of drug-likeness (QED) is 0.523. The number of fused-ring (bicyclic) bond motifs is 1. The second-order valence-electron chi connectivity index (χ2n) is 8.73. The molecule has 28 heavy (non-hydrogen) atoms. The van der Waals surface area contributed by atoms with Gasteiger partial charge < -0.3 is 14.6 Å². The minimum Gasteiger partial charge on any atom is -0.370 e. The molecule has 0 unspecified atom stereocenters. The molecule has 6 heteroatoms. The number of unbranched alkanes of at least 4 members (excludes halogenated alkanes) is 1. The van der Waals surface area contributed by atoms with Crippen molar-refractivity contribution < 1.29 is 9.53 Å². The number of allylic oxidation sites excluding steroid dienone is 2. The first-order valence-electron chi connectivity index (χ1n) is 10.9. The molecule has 3 aliphatic heterocycles. The van der Waals surface area contributed by atoms with Gasteiger partial charge >= 0.3 is 0 Å². The van der Waals surface area contributed by atoms with Gasteiger partial charge in [-0.2, -0.15) is 0 Å². The van der Waals surface area contributed by atoms with Crippen molar-refractivity contribution in [1.29, 1.82) is 0 Å². The van der Waals surface area contributed by atoms with Crippen LogP contribution in [0.3, 0.4) is 0 Å². The molecule has 0 saturated carbocycles. The van der Waals surface area contributed by atoms with E-state index in [1.54, 1.807) is 0 Å². The van der Waals surface area contributed by atoms with Crippen molar-refractivity contribution in [2.45, 2.75) is 57.2 Å². The molecule has 0 radical (unpaired) electrons. The van der Waals surface area contributed by atoms with Crippen molar-refractivity contribution in [2.75, 3.05) is 26.2 Å². The van der Waals surface area contributed by atoms with E-state index in [1.165, 1.54) is 6.42 Å². The first-order chi connectivity index (χ1) is 13.6. The van der Waals surface area contributed by atoms with Gasteiger partial charge in [0.15, 0.2) is 0 Å². The third-order valence-corrected chi connectivity index (χ3v) is 6.97. The summed E-state index contributed by atoms with van der Waals surface area (Å²) in [5.74, 6) is 2.34. The van der Waals surface area contributed by atoms with Gasteiger partial charge in [0, 0.05) is 70.3 Å². The van der Waals surface area contributed by atoms with Gasteiger partial charge in [0.2, 0.25) is 5.91 Å². The van der Waals surface area contributed by atoms with Crippen LogP contribution in [0.25, 0.3) is 0 Å². The summed E-state index contributed by atoms with van der Waals surface area (Å²) in [4.78, 5) is 19.2. The maximum absolute atomic E-state index is 12.2. The summed E-state index contributed by atoms with van der Waals surface area (Å²) in [6.45, 7) is 5.94. The van der Waals surface area contributed by atoms with Gasteiger partial charge in [-0.15, -0.1) is 0 Å². The molecule has 154 valence electrons. The van der Waals surface area contributed by atoms with Crippen LogP contribution in [0.2, 0.25) is 0 Å². The summed E-state index contributed by atoms with van der Waals surface area (Å²) >= 11 is 0. The molecule has 3 saturated heterocycles. The van der Waals surface area contributed by atoms with Gasteiger partial charge in [-0.3, -0.25) is 9.69 Å². The van der Waals surface area contributed by atoms with Crippen LogP contribution in [0.1, 0.15) is 44.9 Å². The maximum Gasteiger partial charge on any atom is 0.220 e. The standard InChI is InChI=1S/C22H34N4O2/c1-3-4-5-6-7-21(27)24-14-17-18-15-26(12-9-20-23-11-13-25(20)2)16-22(18)10-8-19(17)28-22/h3-4,11,13,17-19H,5-10,12,14-16H2,1-2H3,(H,24,27)/b4-3+/t17-,18+,19+,22+/m0/s1. The van der Waals surface area contributed by atoms with E-state index in [1.807, 2.05) is 25.4 Å². The molecule has 1 spiro atoms. The highest BCUT2D eigenvalue weighted by molar-refractivity contribution is 5.75. The van der Waals surface area contributed by atoms with E-state index in [-0.39, 0.29) is 11.5 Å². The molecule has 1 amide bonds. The van der Waals surface area contributed by atoms with Crippen molar-refractivity contribution in [2.24, 2.45) is 18.9 Å². The van der Waals surface area contributed by atoms with Crippen molar-refractivity contribution in [3.63, 3.8) is 0 Å². The second kappa shape index (κ2) is 8.37. The number of ether oxygens (including phenoxy) is 1. The van der Waals surface area contributed by atoms with Crippen LogP contribution in [-0.2, 0) is 23.0 Å². The number of carbonyl (C=O) groups excluding carboxylic acids is 1. The van der Waals surface area contributed by atoms with Crippen LogP contribution in [0.5, 0.6) is 0 Å². The number of nitrogens with one attached hydrogen (secondary N) is 1. The number of aryl methyl sites for hydroxylation is 1. The molecule has 1 N–H and O–H groups in total. The minimum absolute atomic E-state index is 0.0353. The maximum atomic E-state index is 12.2. The lowest BCUT2D eigenvalue weighted by atomic mass is 9.73. The average molecular weight is 387 g/mol. The molecule has 4 atom stereocenters. The molecule has 3 aliphatic rings. The van der Waals surface area contributed by atoms with Crippen molar-refractivity contribution >= 4 is 5.91 Å². The fourth-order valence-corrected chi connectivity index (χ4v) is 5.49. The van der Waals surface area contributed by atoms with E-state index >= 15 is 0 Å². The Hall–Kier alpha value is -1.66. The summed E-state index contributed by atoms with van der Waals surface area (Å²) in [5, 5.41) is 3.20. The van der Waals surface area contributed by atoms with Crippen LogP contribution < -0.4 is 5.32 Å². The fraction of sp³-hybridized carbons (Fsp3) is 0.727. The molecule has 4 heterocycles. The Kier molecular flexibility index (Phi) is 5.88. The van der Waals surface area contributed by atoms with E-state index in [9.17, 15) is 4.79 Å². The zero-order valence-electron chi connectivity index (χ0n) is 17.3. The summed E-state index contributed by atoms with van der Waals surface area (Å²) < 4.78 is 8.61. The highest BCUT2D eigenvalue weighted by Crippen LogP contribution is 2.54. The minimum atomic E-state index is 0.0353. The van der Waals surface area contributed by atoms with Crippen LogP contribution in [0.4, 0.5) is 0 Å². The smallest absolute Gasteiger partial charge is 0.220 e. The molecule has 1 aromatic rings. The molecule has 6 nitrogen and oxygen atoms in total. The van der Waals surface area contributed by atoms with E-state index in [0.717, 1.165) is 57.7 Å². The Morgan fingerprint density at radius 2 is 2.39 bits per heavy atom. The van der Waals surface area contributed by atoms with Gasteiger partial charge in [0.05, 0.1) is 11.7 Å². The average Bonchev–Trinajstić information content (AvgIpc) is 3.42. The van der Waals surface area contributed by atoms with E-state index < -0.39 is 0 Å². The van der Waals surface area contributed by atoms with Gasteiger partial charge in [0.25, 0.3) is 0 Å². The summed E-state index contributed by atoms with van der Waals surface area (Å²) in [7, 11) is 2.06. The number of nitrogens with zero attached hydrogens (tertiary/aromatic N) is 3. The molecule has 1 aromatic heterocycles. The Labute approximate surface area is 168 Å². The Bertz CT molecular complexity index is 715. The summed E-state index contributed by atoms with van der Waals surface area (Å²) in [5.41, 5.74) is 0.0353. The molecule has 2 bridgehead atoms. The topological polar surface area (TPSA) is 59.4 Å². The van der Waals surface area contributed by atoms with Crippen molar-refractivity contribution in [1.82, 2.24) is 19.8 Å². The predicted molar refractivity (Wildman–Crippen MR) is 109 cm³/mol. The van der Waals surface area contributed by atoms with Gasteiger partial charge in [-0.25, -0.2) is 4.98 Å². The zero-order chi connectivity index (χ0) is 19.6. The second-order valence-corrected chi connectivity index (χ2v) is 8.73. The number of rotatable bonds is 9. The highest BCUT2D eigenvalue weighted by atomic mass is 16.5. The monoisotopic (exact) mass is 386 g/mol. The molecular weight excluding hydrogens is 352 g/mol. The Morgan fingerprint density at radius 1 is 1.50 bits per heavy atom. The van der Waals surface area contributed by atoms with Crippen molar-refractivity contribution in [3.8, 4) is 0 Å². The van der Waals surface area contributed by atoms with Crippen LogP contribution >= 0.6 is 0 Å². The predicted octanol–water partition coefficient (Wildman–Crippen LogP) is 2.30. The number of hydrogen-bond donors (Lipinski definition) is 1. The number of hydrogen-bond acceptors (Lipinski definition) is 4. The highest BCUT2D eigenvalue weighted by Gasteiger charge is 2.62. The number of amides is 1. The number of carbonyl (C=O) groups is 1. The molecule has 3 fully saturated rings. The van der Waals surface area contributed by atoms with Gasteiger partial charge in [-0.1, -0.05) is 12.2 Å². The van der Waals surface area contributed by atoms with Crippen LogP contribution in [0, 0.1) is 11.8 Å². The fourth-order valence-electron chi connectivity index (χ4n) is 5.49. The lowest BCUT2D eigenvalue weighted by Gasteiger charge is -2.29. The van der Waals surface area contributed by atoms with Crippen LogP contribution in [-0.4, -0.2) is 58.2 Å². The lowest BCUT2D eigenvalue weighted by molar-refractivity contribution is -0.121. The largest absolute Gasteiger partial charge is 0.370 e. The first-order valence-corrected chi connectivity index (χ1v) is 10.9. The third-order valence-electron chi connectivity index (χ3n) is 6.97. The third kappa shape index (κ3) is 3.90. The van der Waals surface area contributed by atoms with Gasteiger partial charge in [0.1, 0.15) is 5.82 Å². The Balaban J connectivity index is 1.28. The summed E-state index contributed by atoms with van der Waals surface area (Å²) in [6.07, 6.45) is 14.2. The van der Waals surface area contributed by atoms with E-state index in [4.69, 9.17) is 4.74 Å². The lowest BCUT2D eigenvalue weighted by Crippen LogP contribution is -2.41. The van der Waals surface area contributed by atoms with E-state index in [0.29, 0.717) is 24.4 Å². The molecule has 0 aliphatic carbocycles. The van der Waals surface area contributed by atoms with Crippen molar-refractivity contribution in [3.05, 3.63) is 30.4 Å². The molecule has 0 aromatic carbocycles. The SMILES string of the molecule is C/C=C/CCCC(=O)NC[C@H]1[C@H]2CN(CCc3nccn3C)C[C@]23CC[C@H]1O3. The zero-order valence-corrected chi connectivity index (χ0v) is 17.3. The number of imidazole rings is 1. The number of likely N-dealkylation sites (tertiary alicyclic amines) is 1. The van der Waals surface area contributed by atoms with E-state index in [2.05, 4.69) is 32.9 Å². The van der Waals surface area contributed by atoms with Gasteiger partial charge in [-0.05, 0) is 32.6 Å². The Morgan fingerprint density at radius 3 is 3.18 bits per heavy atom.